The van der Waals surface area contributed by atoms with Gasteiger partial charge in [0.15, 0.2) is 18.0 Å². The molecular weight excluding hydrogens is 146 g/mol. The summed E-state index contributed by atoms with van der Waals surface area (Å²) in [7, 11) is 0. The van der Waals surface area contributed by atoms with E-state index in [2.05, 4.69) is 4.98 Å². The Balaban J connectivity index is 3.47. The first-order valence-electron chi connectivity index (χ1n) is 2.91. The molecule has 0 fully saturated rings. The number of rotatable bonds is 2. The molecule has 1 aromatic heterocycles. The minimum atomic E-state index is -0.444. The van der Waals surface area contributed by atoms with Crippen LogP contribution in [0.3, 0.4) is 0 Å². The zero-order chi connectivity index (χ0) is 8.27. The Morgan fingerprint density at radius 1 is 1.27 bits per heavy atom. The van der Waals surface area contributed by atoms with Crippen molar-refractivity contribution in [3.63, 3.8) is 0 Å². The molecule has 0 bridgehead atoms. The second-order valence-corrected chi connectivity index (χ2v) is 1.90. The lowest BCUT2D eigenvalue weighted by atomic mass is 10.2. The molecule has 1 N–H and O–H groups in total. The second kappa shape index (κ2) is 2.92. The van der Waals surface area contributed by atoms with Crippen molar-refractivity contribution >= 4 is 12.6 Å². The predicted molar refractivity (Wildman–Crippen MR) is 37.8 cm³/mol. The average Bonchev–Trinajstić information content (AvgIpc) is 2.04. The summed E-state index contributed by atoms with van der Waals surface area (Å²) in [6.45, 7) is 0. The van der Waals surface area contributed by atoms with Gasteiger partial charge in [-0.15, -0.1) is 0 Å². The highest BCUT2D eigenvalue weighted by atomic mass is 16.1. The first-order valence-corrected chi connectivity index (χ1v) is 2.91. The summed E-state index contributed by atoms with van der Waals surface area (Å²) >= 11 is 0. The third kappa shape index (κ3) is 1.24. The molecule has 0 saturated heterocycles. The van der Waals surface area contributed by atoms with Crippen molar-refractivity contribution in [3.8, 4) is 0 Å². The van der Waals surface area contributed by atoms with Gasteiger partial charge in [0.2, 0.25) is 0 Å². The van der Waals surface area contributed by atoms with E-state index >= 15 is 0 Å². The van der Waals surface area contributed by atoms with Crippen LogP contribution in [-0.2, 0) is 0 Å². The van der Waals surface area contributed by atoms with Gasteiger partial charge in [-0.1, -0.05) is 0 Å². The SMILES string of the molecule is O=Cc1[nH]ccc(=O)c1C=O. The van der Waals surface area contributed by atoms with E-state index in [9.17, 15) is 14.4 Å². The normalized spacial score (nSPS) is 9.09. The maximum Gasteiger partial charge on any atom is 0.192 e. The van der Waals surface area contributed by atoms with E-state index in [1.807, 2.05) is 0 Å². The second-order valence-electron chi connectivity index (χ2n) is 1.90. The topological polar surface area (TPSA) is 67.0 Å². The number of carbonyl (C=O) groups excluding carboxylic acids is 2. The average molecular weight is 151 g/mol. The van der Waals surface area contributed by atoms with E-state index in [1.54, 1.807) is 0 Å². The number of carbonyl (C=O) groups is 2. The van der Waals surface area contributed by atoms with Crippen LogP contribution in [0.15, 0.2) is 17.1 Å². The van der Waals surface area contributed by atoms with E-state index < -0.39 is 5.43 Å². The highest BCUT2D eigenvalue weighted by molar-refractivity contribution is 5.87. The van der Waals surface area contributed by atoms with Crippen LogP contribution < -0.4 is 5.43 Å². The highest BCUT2D eigenvalue weighted by Gasteiger charge is 2.02. The molecule has 0 atom stereocenters. The highest BCUT2D eigenvalue weighted by Crippen LogP contribution is 1.90. The Bertz CT molecular complexity index is 340. The summed E-state index contributed by atoms with van der Waals surface area (Å²) < 4.78 is 0. The van der Waals surface area contributed by atoms with Crippen molar-refractivity contribution < 1.29 is 9.59 Å². The first kappa shape index (κ1) is 7.40. The number of pyridine rings is 1. The van der Waals surface area contributed by atoms with Gasteiger partial charge in [-0.3, -0.25) is 14.4 Å². The van der Waals surface area contributed by atoms with Crippen LogP contribution in [0.4, 0.5) is 0 Å². The molecule has 0 spiro atoms. The van der Waals surface area contributed by atoms with Crippen molar-refractivity contribution in [1.29, 1.82) is 0 Å². The van der Waals surface area contributed by atoms with Crippen LogP contribution in [-0.4, -0.2) is 17.6 Å². The molecule has 0 aromatic carbocycles. The van der Waals surface area contributed by atoms with Gasteiger partial charge in [-0.2, -0.15) is 0 Å². The van der Waals surface area contributed by atoms with E-state index in [0.717, 1.165) is 0 Å². The van der Waals surface area contributed by atoms with Crippen molar-refractivity contribution in [3.05, 3.63) is 33.7 Å². The number of nitrogens with one attached hydrogen (secondary N) is 1. The molecule has 0 aliphatic heterocycles. The van der Waals surface area contributed by atoms with Gasteiger partial charge in [0.05, 0.1) is 11.3 Å². The van der Waals surface area contributed by atoms with Crippen molar-refractivity contribution in [2.24, 2.45) is 0 Å². The van der Waals surface area contributed by atoms with E-state index in [4.69, 9.17) is 0 Å². The van der Waals surface area contributed by atoms with Gasteiger partial charge in [-0.05, 0) is 0 Å². The Hall–Kier alpha value is -1.71. The van der Waals surface area contributed by atoms with Gasteiger partial charge >= 0.3 is 0 Å². The zero-order valence-corrected chi connectivity index (χ0v) is 5.53. The Kier molecular flexibility index (Phi) is 1.96. The van der Waals surface area contributed by atoms with Crippen LogP contribution in [0.2, 0.25) is 0 Å². The predicted octanol–water partition coefficient (Wildman–Crippen LogP) is -0.000100. The van der Waals surface area contributed by atoms with Crippen LogP contribution in [0.25, 0.3) is 0 Å². The summed E-state index contributed by atoms with van der Waals surface area (Å²) in [6, 6.07) is 1.19. The molecule has 1 heterocycles. The molecule has 4 heteroatoms. The molecule has 11 heavy (non-hydrogen) atoms. The molecule has 0 unspecified atom stereocenters. The van der Waals surface area contributed by atoms with Gasteiger partial charge in [0.1, 0.15) is 0 Å². The fourth-order valence-electron chi connectivity index (χ4n) is 0.726. The van der Waals surface area contributed by atoms with E-state index in [1.165, 1.54) is 12.3 Å². The van der Waals surface area contributed by atoms with E-state index in [-0.39, 0.29) is 11.3 Å². The summed E-state index contributed by atoms with van der Waals surface area (Å²) in [5.74, 6) is 0. The summed E-state index contributed by atoms with van der Waals surface area (Å²) in [5.41, 5.74) is -0.546. The summed E-state index contributed by atoms with van der Waals surface area (Å²) in [5, 5.41) is 0. The van der Waals surface area contributed by atoms with Crippen LogP contribution in [0.5, 0.6) is 0 Å². The molecule has 0 saturated carbocycles. The van der Waals surface area contributed by atoms with Gasteiger partial charge in [0, 0.05) is 12.3 Å². The standard InChI is InChI=1S/C7H5NO3/c9-3-5-6(4-10)8-2-1-7(5)11/h1-4H,(H,8,11). The lowest BCUT2D eigenvalue weighted by Gasteiger charge is -1.92. The van der Waals surface area contributed by atoms with E-state index in [0.29, 0.717) is 12.6 Å². The molecule has 1 aromatic rings. The maximum absolute atomic E-state index is 10.8. The number of hydrogen-bond acceptors (Lipinski definition) is 3. The number of H-pyrrole nitrogens is 1. The molecule has 1 rings (SSSR count). The Morgan fingerprint density at radius 2 is 2.00 bits per heavy atom. The molecule has 4 nitrogen and oxygen atoms in total. The van der Waals surface area contributed by atoms with Crippen LogP contribution in [0.1, 0.15) is 20.8 Å². The Morgan fingerprint density at radius 3 is 2.45 bits per heavy atom. The van der Waals surface area contributed by atoms with Gasteiger partial charge in [0.25, 0.3) is 0 Å². The number of hydrogen-bond donors (Lipinski definition) is 1. The molecule has 56 valence electrons. The van der Waals surface area contributed by atoms with Crippen molar-refractivity contribution in [2.45, 2.75) is 0 Å². The number of aromatic nitrogens is 1. The van der Waals surface area contributed by atoms with Crippen molar-refractivity contribution in [2.75, 3.05) is 0 Å². The lowest BCUT2D eigenvalue weighted by molar-refractivity contribution is 0.109. The number of aromatic amines is 1. The molecule has 0 radical (unpaired) electrons. The van der Waals surface area contributed by atoms with Crippen molar-refractivity contribution in [1.82, 2.24) is 4.98 Å². The molecule has 0 aliphatic carbocycles. The minimum absolute atomic E-state index is 0.0208. The Labute approximate surface area is 61.9 Å². The van der Waals surface area contributed by atoms with Gasteiger partial charge in [-0.25, -0.2) is 0 Å². The third-order valence-electron chi connectivity index (χ3n) is 1.26. The summed E-state index contributed by atoms with van der Waals surface area (Å²) in [6.07, 6.45) is 2.12. The minimum Gasteiger partial charge on any atom is -0.358 e. The quantitative estimate of drug-likeness (QED) is 0.605. The smallest absolute Gasteiger partial charge is 0.192 e. The molecular formula is C7H5NO3. The molecule has 0 amide bonds. The fraction of sp³-hybridized carbons (Fsp3) is 0. The van der Waals surface area contributed by atoms with Crippen LogP contribution >= 0.6 is 0 Å². The molecule has 0 aliphatic rings. The lowest BCUT2D eigenvalue weighted by Crippen LogP contribution is -2.11. The largest absolute Gasteiger partial charge is 0.358 e. The maximum atomic E-state index is 10.8. The first-order chi connectivity index (χ1) is 5.29. The van der Waals surface area contributed by atoms with Gasteiger partial charge < -0.3 is 4.98 Å². The fourth-order valence-corrected chi connectivity index (χ4v) is 0.726. The summed E-state index contributed by atoms with van der Waals surface area (Å²) in [4.78, 5) is 33.7. The van der Waals surface area contributed by atoms with Crippen LogP contribution in [0, 0.1) is 0 Å². The number of aldehydes is 2. The zero-order valence-electron chi connectivity index (χ0n) is 5.53. The monoisotopic (exact) mass is 151 g/mol. The third-order valence-corrected chi connectivity index (χ3v) is 1.26.